The van der Waals surface area contributed by atoms with Crippen LogP contribution in [0.1, 0.15) is 28.8 Å². The van der Waals surface area contributed by atoms with E-state index in [1.54, 1.807) is 6.33 Å². The normalized spacial score (nSPS) is 23.2. The first-order valence-electron chi connectivity index (χ1n) is 6.62. The Morgan fingerprint density at radius 1 is 1.05 bits per heavy atom. The van der Waals surface area contributed by atoms with Crippen LogP contribution in [0.2, 0.25) is 0 Å². The van der Waals surface area contributed by atoms with Crippen molar-refractivity contribution in [2.24, 2.45) is 0 Å². The van der Waals surface area contributed by atoms with E-state index in [0.29, 0.717) is 0 Å². The molecule has 2 heteroatoms. The Bertz CT molecular complexity index is 700. The molecule has 0 aliphatic heterocycles. The van der Waals surface area contributed by atoms with Crippen molar-refractivity contribution in [2.45, 2.75) is 18.3 Å². The van der Waals surface area contributed by atoms with Crippen LogP contribution in [0.3, 0.4) is 0 Å². The van der Waals surface area contributed by atoms with Crippen LogP contribution in [0.15, 0.2) is 48.9 Å². The minimum atomic E-state index is 0.0761. The summed E-state index contributed by atoms with van der Waals surface area (Å²) in [4.78, 5) is 8.55. The van der Waals surface area contributed by atoms with Gasteiger partial charge in [0.25, 0.3) is 0 Å². The predicted octanol–water partition coefficient (Wildman–Crippen LogP) is 3.40. The van der Waals surface area contributed by atoms with Gasteiger partial charge in [0.15, 0.2) is 0 Å². The van der Waals surface area contributed by atoms with Gasteiger partial charge in [-0.25, -0.2) is 9.97 Å². The highest BCUT2D eigenvalue weighted by molar-refractivity contribution is 5.66. The summed E-state index contributed by atoms with van der Waals surface area (Å²) >= 11 is 0. The Hall–Kier alpha value is -2.22. The molecule has 0 N–H and O–H groups in total. The van der Waals surface area contributed by atoms with Gasteiger partial charge in [0.1, 0.15) is 6.33 Å². The van der Waals surface area contributed by atoms with Crippen molar-refractivity contribution in [3.63, 3.8) is 0 Å². The molecule has 0 radical (unpaired) electrons. The average molecular weight is 246 g/mol. The van der Waals surface area contributed by atoms with Crippen molar-refractivity contribution < 1.29 is 0 Å². The maximum Gasteiger partial charge on any atom is 0.115 e. The number of nitrogens with zero attached hydrogens (tertiary/aromatic N) is 2. The number of rotatable bonds is 0. The van der Waals surface area contributed by atoms with Crippen molar-refractivity contribution in [3.8, 4) is 0 Å². The van der Waals surface area contributed by atoms with Crippen LogP contribution in [-0.2, 0) is 11.8 Å². The molecule has 2 aliphatic carbocycles. The Labute approximate surface area is 112 Å². The molecule has 0 bridgehead atoms. The smallest absolute Gasteiger partial charge is 0.115 e. The summed E-state index contributed by atoms with van der Waals surface area (Å²) in [7, 11) is 0. The fraction of sp³-hybridized carbons (Fsp3) is 0.176. The van der Waals surface area contributed by atoms with Crippen LogP contribution < -0.4 is 0 Å². The summed E-state index contributed by atoms with van der Waals surface area (Å²) in [6.07, 6.45) is 14.6. The number of fused-ring (bicyclic) bond motifs is 3. The zero-order valence-corrected chi connectivity index (χ0v) is 10.6. The Morgan fingerprint density at radius 3 is 3.00 bits per heavy atom. The molecule has 1 spiro atoms. The van der Waals surface area contributed by atoms with Crippen molar-refractivity contribution in [1.82, 2.24) is 9.97 Å². The number of allylic oxidation sites excluding steroid dienone is 2. The highest BCUT2D eigenvalue weighted by atomic mass is 14.8. The van der Waals surface area contributed by atoms with Crippen molar-refractivity contribution in [1.29, 1.82) is 0 Å². The molecule has 4 rings (SSSR count). The van der Waals surface area contributed by atoms with E-state index in [4.69, 9.17) is 0 Å². The SMILES string of the molecule is C1=Cc2ccccc2C2(C=Cc3cncnc3C2)C1. The zero-order chi connectivity index (χ0) is 12.7. The second-order valence-corrected chi connectivity index (χ2v) is 5.28. The van der Waals surface area contributed by atoms with E-state index in [2.05, 4.69) is 58.5 Å². The molecule has 2 aromatic rings. The molecule has 1 unspecified atom stereocenters. The molecule has 2 aliphatic rings. The fourth-order valence-corrected chi connectivity index (χ4v) is 3.19. The van der Waals surface area contributed by atoms with Gasteiger partial charge in [0.05, 0.1) is 5.69 Å². The number of hydrogen-bond acceptors (Lipinski definition) is 2. The molecule has 1 heterocycles. The molecular formula is C17H14N2. The molecule has 1 aromatic heterocycles. The number of aromatic nitrogens is 2. The molecule has 1 atom stereocenters. The Balaban J connectivity index is 1.88. The van der Waals surface area contributed by atoms with E-state index in [-0.39, 0.29) is 5.41 Å². The zero-order valence-electron chi connectivity index (χ0n) is 10.6. The van der Waals surface area contributed by atoms with Crippen LogP contribution in [-0.4, -0.2) is 9.97 Å². The van der Waals surface area contributed by atoms with Crippen LogP contribution in [0.5, 0.6) is 0 Å². The Morgan fingerprint density at radius 2 is 2.00 bits per heavy atom. The van der Waals surface area contributed by atoms with Crippen molar-refractivity contribution in [3.05, 3.63) is 71.3 Å². The minimum Gasteiger partial charge on any atom is -0.244 e. The molecule has 92 valence electrons. The van der Waals surface area contributed by atoms with Crippen LogP contribution >= 0.6 is 0 Å². The lowest BCUT2D eigenvalue weighted by Crippen LogP contribution is -2.31. The summed E-state index contributed by atoms with van der Waals surface area (Å²) in [5.74, 6) is 0. The van der Waals surface area contributed by atoms with E-state index in [0.717, 1.165) is 24.1 Å². The van der Waals surface area contributed by atoms with Crippen LogP contribution in [0.25, 0.3) is 12.2 Å². The van der Waals surface area contributed by atoms with Crippen molar-refractivity contribution >= 4 is 12.2 Å². The molecule has 1 aromatic carbocycles. The molecule has 0 fully saturated rings. The van der Waals surface area contributed by atoms with Gasteiger partial charge in [0, 0.05) is 23.6 Å². The largest absolute Gasteiger partial charge is 0.244 e. The average Bonchev–Trinajstić information content (AvgIpc) is 2.48. The second-order valence-electron chi connectivity index (χ2n) is 5.28. The topological polar surface area (TPSA) is 25.8 Å². The molecule has 19 heavy (non-hydrogen) atoms. The quantitative estimate of drug-likeness (QED) is 0.712. The minimum absolute atomic E-state index is 0.0761. The van der Waals surface area contributed by atoms with Gasteiger partial charge in [-0.2, -0.15) is 0 Å². The third-order valence-electron chi connectivity index (χ3n) is 4.17. The summed E-state index contributed by atoms with van der Waals surface area (Å²) in [6.45, 7) is 0. The second kappa shape index (κ2) is 3.89. The third kappa shape index (κ3) is 1.56. The van der Waals surface area contributed by atoms with E-state index in [1.807, 2.05) is 6.20 Å². The lowest BCUT2D eigenvalue weighted by atomic mass is 9.67. The maximum absolute atomic E-state index is 4.46. The summed E-state index contributed by atoms with van der Waals surface area (Å²) in [5.41, 5.74) is 5.13. The first-order valence-corrected chi connectivity index (χ1v) is 6.62. The highest BCUT2D eigenvalue weighted by Crippen LogP contribution is 2.42. The molecule has 0 amide bonds. The molecular weight excluding hydrogens is 232 g/mol. The summed E-state index contributed by atoms with van der Waals surface area (Å²) in [5, 5.41) is 0. The monoisotopic (exact) mass is 246 g/mol. The van der Waals surface area contributed by atoms with Gasteiger partial charge in [-0.15, -0.1) is 0 Å². The fourth-order valence-electron chi connectivity index (χ4n) is 3.19. The Kier molecular flexibility index (Phi) is 2.18. The van der Waals surface area contributed by atoms with Crippen molar-refractivity contribution in [2.75, 3.05) is 0 Å². The van der Waals surface area contributed by atoms with E-state index >= 15 is 0 Å². The first kappa shape index (κ1) is 10.7. The van der Waals surface area contributed by atoms with E-state index < -0.39 is 0 Å². The number of benzene rings is 1. The van der Waals surface area contributed by atoms with Crippen LogP contribution in [0.4, 0.5) is 0 Å². The van der Waals surface area contributed by atoms with Crippen LogP contribution in [0, 0.1) is 0 Å². The maximum atomic E-state index is 4.46. The molecule has 0 saturated carbocycles. The first-order chi connectivity index (χ1) is 9.37. The van der Waals surface area contributed by atoms with Gasteiger partial charge < -0.3 is 0 Å². The highest BCUT2D eigenvalue weighted by Gasteiger charge is 2.35. The molecule has 2 nitrogen and oxygen atoms in total. The third-order valence-corrected chi connectivity index (χ3v) is 4.17. The molecule has 0 saturated heterocycles. The lowest BCUT2D eigenvalue weighted by molar-refractivity contribution is 0.522. The summed E-state index contributed by atoms with van der Waals surface area (Å²) in [6, 6.07) is 8.67. The number of hydrogen-bond donors (Lipinski definition) is 0. The van der Waals surface area contributed by atoms with Gasteiger partial charge in [0.2, 0.25) is 0 Å². The predicted molar refractivity (Wildman–Crippen MR) is 76.5 cm³/mol. The lowest BCUT2D eigenvalue weighted by Gasteiger charge is -2.36. The van der Waals surface area contributed by atoms with Gasteiger partial charge in [-0.3, -0.25) is 0 Å². The van der Waals surface area contributed by atoms with E-state index in [1.165, 1.54) is 11.1 Å². The summed E-state index contributed by atoms with van der Waals surface area (Å²) < 4.78 is 0. The van der Waals surface area contributed by atoms with E-state index in [9.17, 15) is 0 Å². The van der Waals surface area contributed by atoms with Gasteiger partial charge >= 0.3 is 0 Å². The standard InChI is InChI=1S/C17H14N2/c1-2-6-15-13(4-1)5-3-8-17(15)9-7-14-11-18-12-19-16(14)10-17/h1-7,9,11-12H,8,10H2. The van der Waals surface area contributed by atoms with Gasteiger partial charge in [-0.1, -0.05) is 48.6 Å². The van der Waals surface area contributed by atoms with Gasteiger partial charge in [-0.05, 0) is 17.5 Å².